The largest absolute Gasteiger partial charge is 0.465 e. The van der Waals surface area contributed by atoms with Crippen LogP contribution in [-0.2, 0) is 17.3 Å². The highest BCUT2D eigenvalue weighted by Gasteiger charge is 2.36. The Hall–Kier alpha value is -2.10. The second kappa shape index (κ2) is 5.04. The van der Waals surface area contributed by atoms with Gasteiger partial charge in [-0.25, -0.2) is 9.18 Å². The Bertz CT molecular complexity index is 517. The Morgan fingerprint density at radius 1 is 1.44 bits per heavy atom. The molecule has 0 fully saturated rings. The van der Waals surface area contributed by atoms with Gasteiger partial charge >= 0.3 is 12.1 Å². The molecule has 0 heterocycles. The van der Waals surface area contributed by atoms with Gasteiger partial charge in [-0.3, -0.25) is 0 Å². The smallest absolute Gasteiger partial charge is 0.419 e. The Kier molecular flexibility index (Phi) is 3.91. The summed E-state index contributed by atoms with van der Waals surface area (Å²) < 4.78 is 55.3. The van der Waals surface area contributed by atoms with Crippen LogP contribution in [0.2, 0.25) is 0 Å². The Morgan fingerprint density at radius 2 is 2.06 bits per heavy atom. The summed E-state index contributed by atoms with van der Waals surface area (Å²) >= 11 is 0. The highest BCUT2D eigenvalue weighted by atomic mass is 19.4. The van der Waals surface area contributed by atoms with Crippen LogP contribution >= 0.6 is 0 Å². The summed E-state index contributed by atoms with van der Waals surface area (Å²) in [4.78, 5) is 11.2. The van der Waals surface area contributed by atoms with Crippen molar-refractivity contribution in [2.45, 2.75) is 12.6 Å². The molecule has 1 aromatic rings. The van der Waals surface area contributed by atoms with Gasteiger partial charge in [-0.2, -0.15) is 18.4 Å². The van der Waals surface area contributed by atoms with Gasteiger partial charge in [0.25, 0.3) is 0 Å². The number of ether oxygens (including phenoxy) is 1. The molecule has 0 aliphatic rings. The lowest BCUT2D eigenvalue weighted by Gasteiger charge is -2.12. The molecule has 0 amide bonds. The van der Waals surface area contributed by atoms with E-state index in [4.69, 9.17) is 5.26 Å². The summed E-state index contributed by atoms with van der Waals surface area (Å²) in [7, 11) is 1.01. The minimum absolute atomic E-state index is 0.385. The van der Waals surface area contributed by atoms with Gasteiger partial charge in [-0.05, 0) is 12.1 Å². The fraction of sp³-hybridized carbons (Fsp3) is 0.273. The molecule has 96 valence electrons. The number of carbonyl (C=O) groups is 1. The van der Waals surface area contributed by atoms with Gasteiger partial charge in [0.1, 0.15) is 5.82 Å². The van der Waals surface area contributed by atoms with Crippen LogP contribution in [0.5, 0.6) is 0 Å². The van der Waals surface area contributed by atoms with Crippen LogP contribution in [-0.4, -0.2) is 13.1 Å². The maximum atomic E-state index is 13.6. The number of nitrogens with zero attached hydrogens (tertiary/aromatic N) is 1. The van der Waals surface area contributed by atoms with Gasteiger partial charge in [0.15, 0.2) is 0 Å². The molecule has 1 rings (SSSR count). The lowest BCUT2D eigenvalue weighted by Crippen LogP contribution is -2.14. The molecule has 7 heteroatoms. The number of rotatable bonds is 2. The van der Waals surface area contributed by atoms with Crippen LogP contribution in [0.1, 0.15) is 21.5 Å². The SMILES string of the molecule is COC(=O)c1ccc(C(F)(F)F)c(F)c1CC#N. The molecular formula is C11H7F4NO2. The van der Waals surface area contributed by atoms with E-state index in [1.54, 1.807) is 0 Å². The zero-order valence-electron chi connectivity index (χ0n) is 9.14. The summed E-state index contributed by atoms with van der Waals surface area (Å²) in [6, 6.07) is 2.75. The molecule has 0 aliphatic heterocycles. The Balaban J connectivity index is 3.48. The number of benzene rings is 1. The quantitative estimate of drug-likeness (QED) is 0.607. The number of hydrogen-bond donors (Lipinski definition) is 0. The molecule has 0 N–H and O–H groups in total. The average molecular weight is 261 g/mol. The fourth-order valence-electron chi connectivity index (χ4n) is 1.39. The maximum Gasteiger partial charge on any atom is 0.419 e. The van der Waals surface area contributed by atoms with Crippen molar-refractivity contribution in [2.24, 2.45) is 0 Å². The Labute approximate surface area is 99.6 Å². The van der Waals surface area contributed by atoms with Crippen LogP contribution in [0, 0.1) is 17.1 Å². The van der Waals surface area contributed by atoms with Gasteiger partial charge in [0.2, 0.25) is 0 Å². The predicted molar refractivity (Wildman–Crippen MR) is 52.1 cm³/mol. The van der Waals surface area contributed by atoms with E-state index >= 15 is 0 Å². The van der Waals surface area contributed by atoms with E-state index in [9.17, 15) is 22.4 Å². The van der Waals surface area contributed by atoms with E-state index in [2.05, 4.69) is 4.74 Å². The molecule has 0 atom stereocenters. The second-order valence-electron chi connectivity index (χ2n) is 3.28. The molecular weight excluding hydrogens is 254 g/mol. The maximum absolute atomic E-state index is 13.6. The molecule has 0 saturated heterocycles. The molecule has 0 aliphatic carbocycles. The van der Waals surface area contributed by atoms with E-state index in [0.29, 0.717) is 6.07 Å². The van der Waals surface area contributed by atoms with E-state index in [1.165, 1.54) is 6.07 Å². The van der Waals surface area contributed by atoms with Gasteiger partial charge in [0.05, 0.1) is 30.7 Å². The monoisotopic (exact) mass is 261 g/mol. The number of carbonyl (C=O) groups excluding carboxylic acids is 1. The normalized spacial score (nSPS) is 10.9. The first-order valence-corrected chi connectivity index (χ1v) is 4.66. The van der Waals surface area contributed by atoms with Crippen LogP contribution in [0.15, 0.2) is 12.1 Å². The van der Waals surface area contributed by atoms with Crippen molar-refractivity contribution in [1.82, 2.24) is 0 Å². The van der Waals surface area contributed by atoms with E-state index in [-0.39, 0.29) is 5.56 Å². The van der Waals surface area contributed by atoms with Gasteiger partial charge in [0, 0.05) is 5.56 Å². The first-order chi connectivity index (χ1) is 8.32. The molecule has 0 bridgehead atoms. The predicted octanol–water partition coefficient (Wildman–Crippen LogP) is 2.70. The zero-order chi connectivity index (χ0) is 13.9. The van der Waals surface area contributed by atoms with Crippen molar-refractivity contribution in [3.8, 4) is 6.07 Å². The molecule has 0 radical (unpaired) electrons. The number of methoxy groups -OCH3 is 1. The van der Waals surface area contributed by atoms with Crippen molar-refractivity contribution in [1.29, 1.82) is 5.26 Å². The summed E-state index contributed by atoms with van der Waals surface area (Å²) in [5.74, 6) is -2.61. The molecule has 1 aromatic carbocycles. The third-order valence-corrected chi connectivity index (χ3v) is 2.21. The summed E-state index contributed by atoms with van der Waals surface area (Å²) in [6.45, 7) is 0. The van der Waals surface area contributed by atoms with Crippen molar-refractivity contribution in [2.75, 3.05) is 7.11 Å². The lowest BCUT2D eigenvalue weighted by atomic mass is 10.0. The Morgan fingerprint density at radius 3 is 2.50 bits per heavy atom. The molecule has 18 heavy (non-hydrogen) atoms. The lowest BCUT2D eigenvalue weighted by molar-refractivity contribution is -0.140. The standard InChI is InChI=1S/C11H7F4NO2/c1-18-10(17)7-2-3-8(11(13,14)15)9(12)6(7)4-5-16/h2-3H,4H2,1H3. The number of alkyl halides is 3. The van der Waals surface area contributed by atoms with Crippen LogP contribution in [0.3, 0.4) is 0 Å². The van der Waals surface area contributed by atoms with E-state index < -0.39 is 35.5 Å². The van der Waals surface area contributed by atoms with Crippen molar-refractivity contribution in [3.05, 3.63) is 34.6 Å². The number of halogens is 4. The van der Waals surface area contributed by atoms with Gasteiger partial charge in [-0.15, -0.1) is 0 Å². The number of nitriles is 1. The minimum atomic E-state index is -4.89. The molecule has 3 nitrogen and oxygen atoms in total. The van der Waals surface area contributed by atoms with Crippen molar-refractivity contribution < 1.29 is 27.1 Å². The molecule has 0 unspecified atom stereocenters. The van der Waals surface area contributed by atoms with Crippen molar-refractivity contribution >= 4 is 5.97 Å². The van der Waals surface area contributed by atoms with Crippen LogP contribution in [0.4, 0.5) is 17.6 Å². The van der Waals surface area contributed by atoms with E-state index in [0.717, 1.165) is 13.2 Å². The summed E-state index contributed by atoms with van der Waals surface area (Å²) in [5.41, 5.74) is -2.51. The van der Waals surface area contributed by atoms with Gasteiger partial charge < -0.3 is 4.74 Å². The minimum Gasteiger partial charge on any atom is -0.465 e. The third kappa shape index (κ3) is 2.59. The molecule has 0 aromatic heterocycles. The highest BCUT2D eigenvalue weighted by Crippen LogP contribution is 2.33. The topological polar surface area (TPSA) is 50.1 Å². The van der Waals surface area contributed by atoms with Crippen LogP contribution in [0.25, 0.3) is 0 Å². The first kappa shape index (κ1) is 14.0. The van der Waals surface area contributed by atoms with E-state index in [1.807, 2.05) is 0 Å². The number of hydrogen-bond acceptors (Lipinski definition) is 3. The van der Waals surface area contributed by atoms with Crippen molar-refractivity contribution in [3.63, 3.8) is 0 Å². The number of esters is 1. The summed E-state index contributed by atoms with van der Waals surface area (Å²) in [5, 5.41) is 8.47. The van der Waals surface area contributed by atoms with Crippen LogP contribution < -0.4 is 0 Å². The summed E-state index contributed by atoms with van der Waals surface area (Å²) in [6.07, 6.45) is -5.54. The first-order valence-electron chi connectivity index (χ1n) is 4.66. The molecule has 0 saturated carbocycles. The average Bonchev–Trinajstić information content (AvgIpc) is 2.29. The second-order valence-corrected chi connectivity index (χ2v) is 3.28. The highest BCUT2D eigenvalue weighted by molar-refractivity contribution is 5.91. The fourth-order valence-corrected chi connectivity index (χ4v) is 1.39. The molecule has 0 spiro atoms. The third-order valence-electron chi connectivity index (χ3n) is 2.21. The zero-order valence-corrected chi connectivity index (χ0v) is 9.14. The van der Waals surface area contributed by atoms with Gasteiger partial charge in [-0.1, -0.05) is 0 Å².